The summed E-state index contributed by atoms with van der Waals surface area (Å²) in [5.41, 5.74) is 0.941. The summed E-state index contributed by atoms with van der Waals surface area (Å²) in [5, 5.41) is 9.86. The van der Waals surface area contributed by atoms with Gasteiger partial charge in [-0.3, -0.25) is 9.59 Å². The topological polar surface area (TPSA) is 63.6 Å². The molecule has 0 atom stereocenters. The van der Waals surface area contributed by atoms with Crippen LogP contribution in [0, 0.1) is 5.92 Å². The number of rotatable bonds is 3. The Morgan fingerprint density at radius 2 is 1.94 bits per heavy atom. The maximum absolute atomic E-state index is 11.9. The first-order chi connectivity index (χ1) is 8.50. The lowest BCUT2D eigenvalue weighted by atomic mass is 9.93. The van der Waals surface area contributed by atoms with E-state index in [4.69, 9.17) is 4.74 Å². The van der Waals surface area contributed by atoms with Gasteiger partial charge in [0.1, 0.15) is 11.5 Å². The molecule has 0 aromatic carbocycles. The number of aliphatic hydroxyl groups excluding tert-OH is 1. The van der Waals surface area contributed by atoms with Crippen LogP contribution in [-0.2, 0) is 14.3 Å². The van der Waals surface area contributed by atoms with Gasteiger partial charge in [0.05, 0.1) is 11.5 Å². The SMILES string of the molecule is CC(C)=C(OC(=O)C1CC1)C1=C(O)CCCC1=O. The molecule has 0 saturated heterocycles. The lowest BCUT2D eigenvalue weighted by molar-refractivity contribution is -0.140. The van der Waals surface area contributed by atoms with Crippen molar-refractivity contribution in [3.05, 3.63) is 22.7 Å². The van der Waals surface area contributed by atoms with E-state index in [0.717, 1.165) is 18.4 Å². The maximum atomic E-state index is 11.9. The zero-order valence-corrected chi connectivity index (χ0v) is 10.8. The van der Waals surface area contributed by atoms with Crippen LogP contribution in [0.15, 0.2) is 22.7 Å². The molecule has 0 unspecified atom stereocenters. The highest BCUT2D eigenvalue weighted by molar-refractivity contribution is 6.01. The molecular formula is C14H18O4. The van der Waals surface area contributed by atoms with Crippen LogP contribution in [0.4, 0.5) is 0 Å². The summed E-state index contributed by atoms with van der Waals surface area (Å²) < 4.78 is 5.32. The normalized spacial score (nSPS) is 19.8. The van der Waals surface area contributed by atoms with Gasteiger partial charge in [-0.1, -0.05) is 0 Å². The second-order valence-electron chi connectivity index (χ2n) is 5.12. The fourth-order valence-corrected chi connectivity index (χ4v) is 1.99. The van der Waals surface area contributed by atoms with Crippen molar-refractivity contribution in [1.82, 2.24) is 0 Å². The molecule has 1 N–H and O–H groups in total. The van der Waals surface area contributed by atoms with Crippen molar-refractivity contribution in [1.29, 1.82) is 0 Å². The van der Waals surface area contributed by atoms with E-state index in [1.807, 2.05) is 0 Å². The number of ether oxygens (including phenoxy) is 1. The number of carbonyl (C=O) groups is 2. The quantitative estimate of drug-likeness (QED) is 0.618. The van der Waals surface area contributed by atoms with Gasteiger partial charge in [-0.2, -0.15) is 0 Å². The third kappa shape index (κ3) is 2.63. The third-order valence-corrected chi connectivity index (χ3v) is 3.18. The molecule has 0 aromatic rings. The second kappa shape index (κ2) is 4.96. The molecule has 0 aliphatic heterocycles. The van der Waals surface area contributed by atoms with Crippen LogP contribution in [0.3, 0.4) is 0 Å². The standard InChI is InChI=1S/C14H18O4/c1-8(2)13(18-14(17)9-6-7-9)12-10(15)4-3-5-11(12)16/h9,15H,3-7H2,1-2H3. The first kappa shape index (κ1) is 12.9. The van der Waals surface area contributed by atoms with Gasteiger partial charge in [-0.05, 0) is 38.7 Å². The fourth-order valence-electron chi connectivity index (χ4n) is 1.99. The number of carbonyl (C=O) groups excluding carboxylic acids is 2. The van der Waals surface area contributed by atoms with E-state index in [9.17, 15) is 14.7 Å². The number of aliphatic hydroxyl groups is 1. The molecular weight excluding hydrogens is 232 g/mol. The Kier molecular flexibility index (Phi) is 3.55. The van der Waals surface area contributed by atoms with E-state index < -0.39 is 0 Å². The zero-order valence-electron chi connectivity index (χ0n) is 10.8. The van der Waals surface area contributed by atoms with Crippen molar-refractivity contribution in [2.75, 3.05) is 0 Å². The molecule has 4 nitrogen and oxygen atoms in total. The predicted molar refractivity (Wildman–Crippen MR) is 65.7 cm³/mol. The van der Waals surface area contributed by atoms with Crippen molar-refractivity contribution in [3.63, 3.8) is 0 Å². The summed E-state index contributed by atoms with van der Waals surface area (Å²) in [5.74, 6) is -0.149. The number of hydrogen-bond acceptors (Lipinski definition) is 4. The molecule has 0 radical (unpaired) electrons. The molecule has 2 aliphatic carbocycles. The van der Waals surface area contributed by atoms with Gasteiger partial charge < -0.3 is 9.84 Å². The van der Waals surface area contributed by atoms with Gasteiger partial charge in [0.2, 0.25) is 0 Å². The summed E-state index contributed by atoms with van der Waals surface area (Å²) in [6.07, 6.45) is 3.23. The van der Waals surface area contributed by atoms with E-state index in [-0.39, 0.29) is 34.8 Å². The first-order valence-electron chi connectivity index (χ1n) is 6.35. The van der Waals surface area contributed by atoms with Crippen LogP contribution in [0.25, 0.3) is 0 Å². The van der Waals surface area contributed by atoms with Crippen LogP contribution in [0.1, 0.15) is 46.0 Å². The summed E-state index contributed by atoms with van der Waals surface area (Å²) in [4.78, 5) is 23.6. The smallest absolute Gasteiger partial charge is 0.314 e. The van der Waals surface area contributed by atoms with Gasteiger partial charge in [0.15, 0.2) is 5.78 Å². The lowest BCUT2D eigenvalue weighted by Gasteiger charge is -2.18. The van der Waals surface area contributed by atoms with Crippen LogP contribution in [0.5, 0.6) is 0 Å². The van der Waals surface area contributed by atoms with E-state index >= 15 is 0 Å². The minimum absolute atomic E-state index is 0.0271. The average molecular weight is 250 g/mol. The number of hydrogen-bond donors (Lipinski definition) is 1. The molecule has 0 aromatic heterocycles. The van der Waals surface area contributed by atoms with E-state index in [1.54, 1.807) is 13.8 Å². The third-order valence-electron chi connectivity index (χ3n) is 3.18. The minimum Gasteiger partial charge on any atom is -0.511 e. The molecule has 1 saturated carbocycles. The molecule has 1 fully saturated rings. The minimum atomic E-state index is -0.287. The van der Waals surface area contributed by atoms with Crippen LogP contribution < -0.4 is 0 Å². The van der Waals surface area contributed by atoms with Gasteiger partial charge in [0, 0.05) is 12.8 Å². The van der Waals surface area contributed by atoms with Crippen LogP contribution >= 0.6 is 0 Å². The van der Waals surface area contributed by atoms with Crippen LogP contribution in [-0.4, -0.2) is 16.9 Å². The van der Waals surface area contributed by atoms with Crippen molar-refractivity contribution in [3.8, 4) is 0 Å². The Morgan fingerprint density at radius 3 is 2.44 bits per heavy atom. The highest BCUT2D eigenvalue weighted by Gasteiger charge is 2.34. The molecule has 98 valence electrons. The Balaban J connectivity index is 2.27. The van der Waals surface area contributed by atoms with Crippen molar-refractivity contribution in [2.24, 2.45) is 5.92 Å². The van der Waals surface area contributed by atoms with Gasteiger partial charge in [-0.15, -0.1) is 0 Å². The number of Topliss-reactive ketones (excluding diaryl/α,β-unsaturated/α-hetero) is 1. The van der Waals surface area contributed by atoms with E-state index in [2.05, 4.69) is 0 Å². The average Bonchev–Trinajstić information content (AvgIpc) is 3.10. The van der Waals surface area contributed by atoms with Crippen molar-refractivity contribution in [2.45, 2.75) is 46.0 Å². The molecule has 0 amide bonds. The van der Waals surface area contributed by atoms with Gasteiger partial charge in [-0.25, -0.2) is 0 Å². The molecule has 0 bridgehead atoms. The number of allylic oxidation sites excluding steroid dienone is 3. The summed E-state index contributed by atoms with van der Waals surface area (Å²) in [6.45, 7) is 3.55. The number of ketones is 1. The van der Waals surface area contributed by atoms with Crippen LogP contribution in [0.2, 0.25) is 0 Å². The Labute approximate surface area is 106 Å². The summed E-state index contributed by atoms with van der Waals surface area (Å²) in [7, 11) is 0. The van der Waals surface area contributed by atoms with Gasteiger partial charge in [0.25, 0.3) is 0 Å². The van der Waals surface area contributed by atoms with E-state index in [1.165, 1.54) is 0 Å². The molecule has 0 heterocycles. The van der Waals surface area contributed by atoms with Crippen molar-refractivity contribution < 1.29 is 19.4 Å². The van der Waals surface area contributed by atoms with E-state index in [0.29, 0.717) is 19.3 Å². The summed E-state index contributed by atoms with van der Waals surface area (Å²) in [6, 6.07) is 0. The molecule has 2 rings (SSSR count). The maximum Gasteiger partial charge on any atom is 0.314 e. The van der Waals surface area contributed by atoms with Gasteiger partial charge >= 0.3 is 5.97 Å². The Morgan fingerprint density at radius 1 is 1.28 bits per heavy atom. The summed E-state index contributed by atoms with van der Waals surface area (Å²) >= 11 is 0. The second-order valence-corrected chi connectivity index (χ2v) is 5.12. The predicted octanol–water partition coefficient (Wildman–Crippen LogP) is 2.80. The number of esters is 1. The Bertz CT molecular complexity index is 448. The Hall–Kier alpha value is -1.58. The molecule has 4 heteroatoms. The highest BCUT2D eigenvalue weighted by atomic mass is 16.5. The monoisotopic (exact) mass is 250 g/mol. The first-order valence-corrected chi connectivity index (χ1v) is 6.35. The molecule has 18 heavy (non-hydrogen) atoms. The highest BCUT2D eigenvalue weighted by Crippen LogP contribution is 2.34. The van der Waals surface area contributed by atoms with Crippen molar-refractivity contribution >= 4 is 11.8 Å². The lowest BCUT2D eigenvalue weighted by Crippen LogP contribution is -2.18. The fraction of sp³-hybridized carbons (Fsp3) is 0.571. The molecule has 0 spiro atoms. The largest absolute Gasteiger partial charge is 0.511 e. The zero-order chi connectivity index (χ0) is 13.3. The molecule has 2 aliphatic rings.